The van der Waals surface area contributed by atoms with Gasteiger partial charge in [-0.2, -0.15) is 0 Å². The highest BCUT2D eigenvalue weighted by Gasteiger charge is 2.12. The van der Waals surface area contributed by atoms with Crippen molar-refractivity contribution in [2.24, 2.45) is 5.73 Å². The lowest BCUT2D eigenvalue weighted by Gasteiger charge is -2.08. The van der Waals surface area contributed by atoms with Crippen LogP contribution in [-0.4, -0.2) is 13.0 Å². The Labute approximate surface area is 77.5 Å². The van der Waals surface area contributed by atoms with Crippen molar-refractivity contribution < 1.29 is 9.53 Å². The zero-order chi connectivity index (χ0) is 9.84. The highest BCUT2D eigenvalue weighted by atomic mass is 16.5. The summed E-state index contributed by atoms with van der Waals surface area (Å²) >= 11 is 0. The molecule has 0 atom stereocenters. The summed E-state index contributed by atoms with van der Waals surface area (Å²) in [5.74, 6) is 0.112. The Bertz CT molecular complexity index is 298. The molecule has 1 rings (SSSR count). The molecule has 1 aromatic carbocycles. The molecule has 0 fully saturated rings. The van der Waals surface area contributed by atoms with Gasteiger partial charge in [0.25, 0.3) is 5.91 Å². The van der Waals surface area contributed by atoms with Gasteiger partial charge in [0.15, 0.2) is 0 Å². The topological polar surface area (TPSA) is 52.3 Å². The summed E-state index contributed by atoms with van der Waals surface area (Å²) in [6.45, 7) is 1.97. The van der Waals surface area contributed by atoms with Crippen LogP contribution in [0.1, 0.15) is 22.8 Å². The Balaban J connectivity index is 3.29. The normalized spacial score (nSPS) is 9.69. The molecule has 0 radical (unpaired) electrons. The SMILES string of the molecule is CCc1cccc(OC)c1C(N)=O. The van der Waals surface area contributed by atoms with Crippen molar-refractivity contribution >= 4 is 5.91 Å². The van der Waals surface area contributed by atoms with Crippen LogP contribution in [-0.2, 0) is 6.42 Å². The summed E-state index contributed by atoms with van der Waals surface area (Å²) in [5.41, 5.74) is 6.66. The highest BCUT2D eigenvalue weighted by molar-refractivity contribution is 5.97. The molecule has 0 aliphatic carbocycles. The van der Waals surface area contributed by atoms with Gasteiger partial charge in [-0.1, -0.05) is 19.1 Å². The second-order valence-corrected chi connectivity index (χ2v) is 2.71. The summed E-state index contributed by atoms with van der Waals surface area (Å²) in [6, 6.07) is 5.46. The Morgan fingerprint density at radius 1 is 1.54 bits per heavy atom. The number of ether oxygens (including phenoxy) is 1. The van der Waals surface area contributed by atoms with E-state index in [-0.39, 0.29) is 0 Å². The van der Waals surface area contributed by atoms with E-state index in [1.54, 1.807) is 6.07 Å². The fourth-order valence-electron chi connectivity index (χ4n) is 1.32. The van der Waals surface area contributed by atoms with Gasteiger partial charge in [-0.3, -0.25) is 4.79 Å². The molecule has 1 amide bonds. The van der Waals surface area contributed by atoms with E-state index < -0.39 is 5.91 Å². The maximum Gasteiger partial charge on any atom is 0.252 e. The molecule has 0 aromatic heterocycles. The summed E-state index contributed by atoms with van der Waals surface area (Å²) in [6.07, 6.45) is 0.773. The standard InChI is InChI=1S/C10H13NO2/c1-3-7-5-4-6-8(13-2)9(7)10(11)12/h4-6H,3H2,1-2H3,(H2,11,12). The monoisotopic (exact) mass is 179 g/mol. The fraction of sp³-hybridized carbons (Fsp3) is 0.300. The molecule has 70 valence electrons. The molecule has 0 saturated carbocycles. The molecule has 0 unspecified atom stereocenters. The zero-order valence-corrected chi connectivity index (χ0v) is 7.83. The largest absolute Gasteiger partial charge is 0.496 e. The van der Waals surface area contributed by atoms with Gasteiger partial charge in [0.1, 0.15) is 5.75 Å². The molecule has 0 heterocycles. The Hall–Kier alpha value is -1.51. The number of benzene rings is 1. The number of hydrogen-bond donors (Lipinski definition) is 1. The Kier molecular flexibility index (Phi) is 2.90. The molecule has 2 N–H and O–H groups in total. The molecule has 3 nitrogen and oxygen atoms in total. The van der Waals surface area contributed by atoms with Crippen LogP contribution in [0.2, 0.25) is 0 Å². The van der Waals surface area contributed by atoms with Crippen molar-refractivity contribution in [3.05, 3.63) is 29.3 Å². The molecule has 0 spiro atoms. The number of amides is 1. The highest BCUT2D eigenvalue weighted by Crippen LogP contribution is 2.21. The first-order chi connectivity index (χ1) is 6.20. The summed E-state index contributed by atoms with van der Waals surface area (Å²) < 4.78 is 5.05. The third kappa shape index (κ3) is 1.80. The van der Waals surface area contributed by atoms with Crippen LogP contribution < -0.4 is 10.5 Å². The van der Waals surface area contributed by atoms with Crippen LogP contribution in [0.15, 0.2) is 18.2 Å². The minimum absolute atomic E-state index is 0.436. The zero-order valence-electron chi connectivity index (χ0n) is 7.83. The van der Waals surface area contributed by atoms with Gasteiger partial charge >= 0.3 is 0 Å². The first-order valence-corrected chi connectivity index (χ1v) is 4.16. The Morgan fingerprint density at radius 2 is 2.23 bits per heavy atom. The second-order valence-electron chi connectivity index (χ2n) is 2.71. The maximum absolute atomic E-state index is 11.1. The number of aryl methyl sites for hydroxylation is 1. The molecule has 0 bridgehead atoms. The fourth-order valence-corrected chi connectivity index (χ4v) is 1.32. The maximum atomic E-state index is 11.1. The van der Waals surface area contributed by atoms with E-state index in [0.29, 0.717) is 11.3 Å². The van der Waals surface area contributed by atoms with Gasteiger partial charge in [-0.15, -0.1) is 0 Å². The van der Waals surface area contributed by atoms with E-state index in [4.69, 9.17) is 10.5 Å². The molecular formula is C10H13NO2. The van der Waals surface area contributed by atoms with Crippen LogP contribution in [0.25, 0.3) is 0 Å². The van der Waals surface area contributed by atoms with Gasteiger partial charge in [-0.25, -0.2) is 0 Å². The average Bonchev–Trinajstić information content (AvgIpc) is 2.16. The smallest absolute Gasteiger partial charge is 0.252 e. The lowest BCUT2D eigenvalue weighted by atomic mass is 10.0. The van der Waals surface area contributed by atoms with Crippen LogP contribution in [0.5, 0.6) is 5.75 Å². The average molecular weight is 179 g/mol. The number of carbonyl (C=O) groups excluding carboxylic acids is 1. The first kappa shape index (κ1) is 9.58. The van der Waals surface area contributed by atoms with Crippen LogP contribution in [0, 0.1) is 0 Å². The van der Waals surface area contributed by atoms with E-state index in [9.17, 15) is 4.79 Å². The van der Waals surface area contributed by atoms with Gasteiger partial charge in [-0.05, 0) is 18.1 Å². The molecule has 0 aliphatic rings. The second kappa shape index (κ2) is 3.94. The predicted octanol–water partition coefficient (Wildman–Crippen LogP) is 1.36. The van der Waals surface area contributed by atoms with Crippen LogP contribution in [0.3, 0.4) is 0 Å². The van der Waals surface area contributed by atoms with Crippen LogP contribution >= 0.6 is 0 Å². The van der Waals surface area contributed by atoms with E-state index in [0.717, 1.165) is 12.0 Å². The van der Waals surface area contributed by atoms with E-state index >= 15 is 0 Å². The van der Waals surface area contributed by atoms with Crippen LogP contribution in [0.4, 0.5) is 0 Å². The molecule has 13 heavy (non-hydrogen) atoms. The van der Waals surface area contributed by atoms with E-state index in [1.165, 1.54) is 7.11 Å². The molecule has 0 aliphatic heterocycles. The summed E-state index contributed by atoms with van der Waals surface area (Å²) in [5, 5.41) is 0. The number of carbonyl (C=O) groups is 1. The van der Waals surface area contributed by atoms with Gasteiger partial charge in [0, 0.05) is 0 Å². The number of hydrogen-bond acceptors (Lipinski definition) is 2. The third-order valence-corrected chi connectivity index (χ3v) is 1.96. The van der Waals surface area contributed by atoms with E-state index in [2.05, 4.69) is 0 Å². The molecule has 1 aromatic rings. The quantitative estimate of drug-likeness (QED) is 0.761. The predicted molar refractivity (Wildman–Crippen MR) is 50.9 cm³/mol. The number of methoxy groups -OCH3 is 1. The lowest BCUT2D eigenvalue weighted by molar-refractivity contribution is 0.0996. The first-order valence-electron chi connectivity index (χ1n) is 4.16. The van der Waals surface area contributed by atoms with Crippen molar-refractivity contribution in [3.63, 3.8) is 0 Å². The number of rotatable bonds is 3. The molecular weight excluding hydrogens is 166 g/mol. The van der Waals surface area contributed by atoms with Crippen molar-refractivity contribution in [3.8, 4) is 5.75 Å². The van der Waals surface area contributed by atoms with Crippen molar-refractivity contribution in [2.75, 3.05) is 7.11 Å². The van der Waals surface area contributed by atoms with Crippen molar-refractivity contribution in [1.82, 2.24) is 0 Å². The minimum Gasteiger partial charge on any atom is -0.496 e. The van der Waals surface area contributed by atoms with Crippen molar-refractivity contribution in [1.29, 1.82) is 0 Å². The number of nitrogens with two attached hydrogens (primary N) is 1. The number of primary amides is 1. The van der Waals surface area contributed by atoms with Crippen molar-refractivity contribution in [2.45, 2.75) is 13.3 Å². The van der Waals surface area contributed by atoms with Gasteiger partial charge in [0.2, 0.25) is 0 Å². The lowest BCUT2D eigenvalue weighted by Crippen LogP contribution is -2.15. The molecule has 0 saturated heterocycles. The summed E-state index contributed by atoms with van der Waals surface area (Å²) in [7, 11) is 1.53. The minimum atomic E-state index is -0.436. The molecule has 3 heteroatoms. The third-order valence-electron chi connectivity index (χ3n) is 1.96. The summed E-state index contributed by atoms with van der Waals surface area (Å²) in [4.78, 5) is 11.1. The van der Waals surface area contributed by atoms with Gasteiger partial charge in [0.05, 0.1) is 12.7 Å². The van der Waals surface area contributed by atoms with Gasteiger partial charge < -0.3 is 10.5 Å². The Morgan fingerprint density at radius 3 is 2.69 bits per heavy atom. The van der Waals surface area contributed by atoms with E-state index in [1.807, 2.05) is 19.1 Å².